The summed E-state index contributed by atoms with van der Waals surface area (Å²) in [6.45, 7) is 3.89. The molecule has 1 unspecified atom stereocenters. The third kappa shape index (κ3) is 3.42. The molecule has 1 aliphatic rings. The molecule has 16 heavy (non-hydrogen) atoms. The molecule has 6 nitrogen and oxygen atoms in total. The number of nitrogens with two attached hydrogens (primary N) is 1. The van der Waals surface area contributed by atoms with Crippen LogP contribution in [0.5, 0.6) is 0 Å². The molecular weight excluding hydrogens is 230 g/mol. The zero-order valence-electron chi connectivity index (χ0n) is 9.15. The van der Waals surface area contributed by atoms with Crippen molar-refractivity contribution in [3.05, 3.63) is 0 Å². The van der Waals surface area contributed by atoms with Gasteiger partial charge >= 0.3 is 5.97 Å². The van der Waals surface area contributed by atoms with Gasteiger partial charge in [0, 0.05) is 0 Å². The Kier molecular flexibility index (Phi) is 4.19. The van der Waals surface area contributed by atoms with Crippen molar-refractivity contribution in [3.63, 3.8) is 0 Å². The minimum absolute atomic E-state index is 0.153. The fourth-order valence-corrected chi connectivity index (χ4v) is 1.50. The van der Waals surface area contributed by atoms with Crippen LogP contribution in [0.15, 0.2) is 0 Å². The molecule has 0 saturated carbocycles. The highest BCUT2D eigenvalue weighted by molar-refractivity contribution is 7.80. The molecule has 90 valence electrons. The SMILES string of the molecule is CC(C)C[C@H](N)C(=O)OC1NC(=S)NC1=O. The Balaban J connectivity index is 2.45. The highest BCUT2D eigenvalue weighted by atomic mass is 32.1. The van der Waals surface area contributed by atoms with Crippen LogP contribution in [0.3, 0.4) is 0 Å². The molecule has 0 aliphatic carbocycles. The van der Waals surface area contributed by atoms with Crippen LogP contribution in [-0.2, 0) is 14.3 Å². The van der Waals surface area contributed by atoms with Gasteiger partial charge in [-0.2, -0.15) is 0 Å². The van der Waals surface area contributed by atoms with E-state index in [0.717, 1.165) is 0 Å². The van der Waals surface area contributed by atoms with E-state index in [0.29, 0.717) is 6.42 Å². The van der Waals surface area contributed by atoms with Gasteiger partial charge in [-0.25, -0.2) is 0 Å². The molecule has 0 bridgehead atoms. The molecular formula is C9H15N3O3S. The standard InChI is InChI=1S/C9H15N3O3S/c1-4(2)3-5(10)8(14)15-7-6(13)11-9(16)12-7/h4-5,7H,3,10H2,1-2H3,(H2,11,12,13,16)/t5-,7?/m0/s1. The van der Waals surface area contributed by atoms with Crippen LogP contribution in [0.2, 0.25) is 0 Å². The van der Waals surface area contributed by atoms with E-state index >= 15 is 0 Å². The molecule has 0 aromatic carbocycles. The Hall–Kier alpha value is -1.21. The first-order valence-electron chi connectivity index (χ1n) is 4.97. The van der Waals surface area contributed by atoms with Gasteiger partial charge in [-0.3, -0.25) is 14.9 Å². The summed E-state index contributed by atoms with van der Waals surface area (Å²) >= 11 is 4.70. The number of thiocarbonyl (C=S) groups is 1. The van der Waals surface area contributed by atoms with Crippen molar-refractivity contribution in [3.8, 4) is 0 Å². The van der Waals surface area contributed by atoms with Crippen LogP contribution in [-0.4, -0.2) is 29.3 Å². The van der Waals surface area contributed by atoms with Crippen molar-refractivity contribution in [2.45, 2.75) is 32.5 Å². The van der Waals surface area contributed by atoms with Gasteiger partial charge in [0.25, 0.3) is 12.1 Å². The van der Waals surface area contributed by atoms with Crippen LogP contribution < -0.4 is 16.4 Å². The smallest absolute Gasteiger partial charge is 0.325 e. The van der Waals surface area contributed by atoms with Crippen LogP contribution in [0, 0.1) is 5.92 Å². The molecule has 0 radical (unpaired) electrons. The summed E-state index contributed by atoms with van der Waals surface area (Å²) in [4.78, 5) is 22.7. The number of amides is 1. The lowest BCUT2D eigenvalue weighted by Gasteiger charge is -2.15. The zero-order valence-corrected chi connectivity index (χ0v) is 9.97. The highest BCUT2D eigenvalue weighted by Crippen LogP contribution is 2.06. The van der Waals surface area contributed by atoms with Crippen LogP contribution in [0.25, 0.3) is 0 Å². The number of esters is 1. The van der Waals surface area contributed by atoms with E-state index in [-0.39, 0.29) is 11.0 Å². The molecule has 0 aromatic rings. The average Bonchev–Trinajstić information content (AvgIpc) is 2.43. The Morgan fingerprint density at radius 3 is 2.69 bits per heavy atom. The van der Waals surface area contributed by atoms with Crippen molar-refractivity contribution in [2.75, 3.05) is 0 Å². The quantitative estimate of drug-likeness (QED) is 0.445. The van der Waals surface area contributed by atoms with E-state index < -0.39 is 24.1 Å². The Morgan fingerprint density at radius 2 is 2.25 bits per heavy atom. The van der Waals surface area contributed by atoms with E-state index in [9.17, 15) is 9.59 Å². The third-order valence-electron chi connectivity index (χ3n) is 2.00. The maximum absolute atomic E-state index is 11.5. The monoisotopic (exact) mass is 245 g/mol. The Labute approximate surface area is 98.9 Å². The number of carbonyl (C=O) groups is 2. The first-order chi connectivity index (χ1) is 7.40. The van der Waals surface area contributed by atoms with Crippen LogP contribution in [0.1, 0.15) is 20.3 Å². The number of carbonyl (C=O) groups excluding carboxylic acids is 2. The predicted octanol–water partition coefficient (Wildman–Crippen LogP) is -0.767. The van der Waals surface area contributed by atoms with E-state index in [4.69, 9.17) is 22.7 Å². The summed E-state index contributed by atoms with van der Waals surface area (Å²) in [5, 5.41) is 4.98. The second kappa shape index (κ2) is 5.22. The minimum atomic E-state index is -1.06. The van der Waals surface area contributed by atoms with Gasteiger partial charge in [0.15, 0.2) is 5.11 Å². The Bertz CT molecular complexity index is 319. The van der Waals surface area contributed by atoms with Gasteiger partial charge in [-0.15, -0.1) is 0 Å². The summed E-state index contributed by atoms with van der Waals surface area (Å²) in [5.41, 5.74) is 5.61. The topological polar surface area (TPSA) is 93.5 Å². The summed E-state index contributed by atoms with van der Waals surface area (Å²) < 4.78 is 4.88. The molecule has 7 heteroatoms. The molecule has 2 atom stereocenters. The molecule has 4 N–H and O–H groups in total. The van der Waals surface area contributed by atoms with Crippen molar-refractivity contribution in [1.29, 1.82) is 0 Å². The van der Waals surface area contributed by atoms with Gasteiger partial charge < -0.3 is 15.8 Å². The van der Waals surface area contributed by atoms with Crippen LogP contribution >= 0.6 is 12.2 Å². The molecule has 1 amide bonds. The summed E-state index contributed by atoms with van der Waals surface area (Å²) in [6, 6.07) is -0.719. The van der Waals surface area contributed by atoms with Gasteiger partial charge in [0.1, 0.15) is 6.04 Å². The summed E-state index contributed by atoms with van der Waals surface area (Å²) in [6.07, 6.45) is -0.546. The van der Waals surface area contributed by atoms with Crippen molar-refractivity contribution in [2.24, 2.45) is 11.7 Å². The van der Waals surface area contributed by atoms with E-state index in [1.165, 1.54) is 0 Å². The normalized spacial score (nSPS) is 21.6. The van der Waals surface area contributed by atoms with Crippen molar-refractivity contribution in [1.82, 2.24) is 10.6 Å². The maximum Gasteiger partial charge on any atom is 0.325 e. The van der Waals surface area contributed by atoms with Gasteiger partial charge in [-0.1, -0.05) is 13.8 Å². The number of hydrogen-bond donors (Lipinski definition) is 3. The minimum Gasteiger partial charge on any atom is -0.431 e. The highest BCUT2D eigenvalue weighted by Gasteiger charge is 2.32. The maximum atomic E-state index is 11.5. The van der Waals surface area contributed by atoms with Crippen molar-refractivity contribution < 1.29 is 14.3 Å². The largest absolute Gasteiger partial charge is 0.431 e. The summed E-state index contributed by atoms with van der Waals surface area (Å²) in [7, 11) is 0. The average molecular weight is 245 g/mol. The molecule has 1 aliphatic heterocycles. The molecule has 0 aromatic heterocycles. The molecule has 1 heterocycles. The number of ether oxygens (including phenoxy) is 1. The Morgan fingerprint density at radius 1 is 1.62 bits per heavy atom. The first kappa shape index (κ1) is 12.9. The van der Waals surface area contributed by atoms with Gasteiger partial charge in [0.05, 0.1) is 0 Å². The van der Waals surface area contributed by atoms with E-state index in [2.05, 4.69) is 10.6 Å². The number of hydrogen-bond acceptors (Lipinski definition) is 5. The van der Waals surface area contributed by atoms with Crippen molar-refractivity contribution >= 4 is 29.2 Å². The predicted molar refractivity (Wildman–Crippen MR) is 61.2 cm³/mol. The lowest BCUT2D eigenvalue weighted by atomic mass is 10.1. The lowest BCUT2D eigenvalue weighted by molar-refractivity contribution is -0.156. The third-order valence-corrected chi connectivity index (χ3v) is 2.22. The lowest BCUT2D eigenvalue weighted by Crippen LogP contribution is -2.41. The number of rotatable bonds is 4. The van der Waals surface area contributed by atoms with E-state index in [1.54, 1.807) is 0 Å². The second-order valence-electron chi connectivity index (χ2n) is 4.02. The second-order valence-corrected chi connectivity index (χ2v) is 4.42. The fourth-order valence-electron chi connectivity index (χ4n) is 1.29. The van der Waals surface area contributed by atoms with Gasteiger partial charge in [0.2, 0.25) is 0 Å². The summed E-state index contributed by atoms with van der Waals surface area (Å²) in [5.74, 6) is -0.796. The van der Waals surface area contributed by atoms with E-state index in [1.807, 2.05) is 13.8 Å². The fraction of sp³-hybridized carbons (Fsp3) is 0.667. The van der Waals surface area contributed by atoms with Crippen LogP contribution in [0.4, 0.5) is 0 Å². The molecule has 1 fully saturated rings. The molecule has 1 saturated heterocycles. The first-order valence-corrected chi connectivity index (χ1v) is 5.38. The number of nitrogens with one attached hydrogen (secondary N) is 2. The molecule has 1 rings (SSSR count). The van der Waals surface area contributed by atoms with Gasteiger partial charge in [-0.05, 0) is 24.6 Å². The molecule has 0 spiro atoms. The zero-order chi connectivity index (χ0) is 12.3.